The molecule has 1 heterocycles. The molecule has 1 aromatic carbocycles. The van der Waals surface area contributed by atoms with Gasteiger partial charge in [0.25, 0.3) is 5.91 Å². The highest BCUT2D eigenvalue weighted by Crippen LogP contribution is 2.32. The van der Waals surface area contributed by atoms with Gasteiger partial charge < -0.3 is 9.73 Å². The van der Waals surface area contributed by atoms with Crippen molar-refractivity contribution in [2.24, 2.45) is 0 Å². The number of furan rings is 1. The molecule has 0 aliphatic carbocycles. The quantitative estimate of drug-likeness (QED) is 0.879. The highest BCUT2D eigenvalue weighted by atomic mass is 19.4. The van der Waals surface area contributed by atoms with Gasteiger partial charge in [-0.05, 0) is 18.2 Å². The summed E-state index contributed by atoms with van der Waals surface area (Å²) in [7, 11) is 0. The molecule has 106 valence electrons. The van der Waals surface area contributed by atoms with Crippen LogP contribution in [0, 0.1) is 5.82 Å². The molecule has 0 unspecified atom stereocenters. The van der Waals surface area contributed by atoms with E-state index >= 15 is 0 Å². The van der Waals surface area contributed by atoms with E-state index in [9.17, 15) is 22.4 Å². The lowest BCUT2D eigenvalue weighted by atomic mass is 10.1. The van der Waals surface area contributed by atoms with Gasteiger partial charge in [0.2, 0.25) is 0 Å². The molecule has 1 aromatic heterocycles. The Labute approximate surface area is 111 Å². The molecule has 0 saturated heterocycles. The minimum absolute atomic E-state index is 0.0328. The Morgan fingerprint density at radius 3 is 2.60 bits per heavy atom. The second-order valence-electron chi connectivity index (χ2n) is 3.98. The number of halogens is 4. The molecular weight excluding hydrogens is 278 g/mol. The van der Waals surface area contributed by atoms with Gasteiger partial charge in [-0.25, -0.2) is 4.39 Å². The van der Waals surface area contributed by atoms with Crippen LogP contribution in [0.1, 0.15) is 21.5 Å². The topological polar surface area (TPSA) is 42.2 Å². The van der Waals surface area contributed by atoms with E-state index in [-0.39, 0.29) is 6.54 Å². The van der Waals surface area contributed by atoms with Crippen LogP contribution in [0.5, 0.6) is 0 Å². The highest BCUT2D eigenvalue weighted by molar-refractivity contribution is 5.94. The Kier molecular flexibility index (Phi) is 3.78. The van der Waals surface area contributed by atoms with Gasteiger partial charge in [-0.1, -0.05) is 6.07 Å². The van der Waals surface area contributed by atoms with Crippen molar-refractivity contribution in [3.63, 3.8) is 0 Å². The largest absolute Gasteiger partial charge is 0.472 e. The van der Waals surface area contributed by atoms with Crippen molar-refractivity contribution in [1.29, 1.82) is 0 Å². The molecule has 0 atom stereocenters. The third-order valence-electron chi connectivity index (χ3n) is 2.58. The Morgan fingerprint density at radius 2 is 2.00 bits per heavy atom. The Hall–Kier alpha value is -2.31. The van der Waals surface area contributed by atoms with Crippen molar-refractivity contribution in [2.45, 2.75) is 12.7 Å². The Balaban J connectivity index is 2.18. The van der Waals surface area contributed by atoms with Crippen molar-refractivity contribution in [1.82, 2.24) is 5.32 Å². The smallest absolute Gasteiger partial charge is 0.419 e. The van der Waals surface area contributed by atoms with Crippen molar-refractivity contribution >= 4 is 5.91 Å². The predicted octanol–water partition coefficient (Wildman–Crippen LogP) is 3.37. The molecule has 1 amide bonds. The number of benzene rings is 1. The fraction of sp³-hybridized carbons (Fsp3) is 0.154. The first-order valence-corrected chi connectivity index (χ1v) is 5.54. The van der Waals surface area contributed by atoms with Crippen LogP contribution in [0.4, 0.5) is 17.6 Å². The summed E-state index contributed by atoms with van der Waals surface area (Å²) in [5, 5.41) is 2.31. The highest BCUT2D eigenvalue weighted by Gasteiger charge is 2.35. The minimum atomic E-state index is -4.84. The number of carbonyl (C=O) groups excluding carboxylic acids is 1. The lowest BCUT2D eigenvalue weighted by molar-refractivity contribution is -0.140. The van der Waals surface area contributed by atoms with Crippen molar-refractivity contribution in [3.8, 4) is 0 Å². The second kappa shape index (κ2) is 5.36. The van der Waals surface area contributed by atoms with Crippen LogP contribution < -0.4 is 5.32 Å². The first-order valence-electron chi connectivity index (χ1n) is 5.54. The number of rotatable bonds is 3. The number of nitrogens with one attached hydrogen (secondary N) is 1. The van der Waals surface area contributed by atoms with Crippen LogP contribution in [-0.4, -0.2) is 5.91 Å². The van der Waals surface area contributed by atoms with Gasteiger partial charge in [-0.3, -0.25) is 4.79 Å². The average Bonchev–Trinajstić information content (AvgIpc) is 2.88. The zero-order chi connectivity index (χ0) is 14.8. The van der Waals surface area contributed by atoms with Gasteiger partial charge >= 0.3 is 6.18 Å². The molecule has 0 spiro atoms. The molecule has 2 rings (SSSR count). The molecule has 7 heteroatoms. The first kappa shape index (κ1) is 14.1. The predicted molar refractivity (Wildman–Crippen MR) is 61.3 cm³/mol. The summed E-state index contributed by atoms with van der Waals surface area (Å²) < 4.78 is 56.0. The van der Waals surface area contributed by atoms with Crippen LogP contribution in [0.15, 0.2) is 41.2 Å². The van der Waals surface area contributed by atoms with Crippen molar-refractivity contribution < 1.29 is 26.8 Å². The van der Waals surface area contributed by atoms with E-state index in [1.807, 2.05) is 0 Å². The second-order valence-corrected chi connectivity index (χ2v) is 3.98. The van der Waals surface area contributed by atoms with E-state index in [0.29, 0.717) is 11.6 Å². The third kappa shape index (κ3) is 2.98. The van der Waals surface area contributed by atoms with Crippen LogP contribution in [0.2, 0.25) is 0 Å². The number of alkyl halides is 3. The summed E-state index contributed by atoms with van der Waals surface area (Å²) >= 11 is 0. The standard InChI is InChI=1S/C13H9F4NO2/c14-11-9(2-1-3-10(11)13(15,16)17)12(19)18-6-8-4-5-20-7-8/h1-5,7H,6H2,(H,18,19). The van der Waals surface area contributed by atoms with E-state index in [1.165, 1.54) is 12.5 Å². The normalized spacial score (nSPS) is 11.4. The summed E-state index contributed by atoms with van der Waals surface area (Å²) in [6.07, 6.45) is -2.10. The summed E-state index contributed by atoms with van der Waals surface area (Å²) in [5.74, 6) is -2.50. The van der Waals surface area contributed by atoms with Gasteiger partial charge in [0.1, 0.15) is 5.82 Å². The molecule has 1 N–H and O–H groups in total. The van der Waals surface area contributed by atoms with E-state index in [4.69, 9.17) is 4.42 Å². The van der Waals surface area contributed by atoms with Gasteiger partial charge in [-0.2, -0.15) is 13.2 Å². The van der Waals surface area contributed by atoms with E-state index in [0.717, 1.165) is 12.1 Å². The molecular formula is C13H9F4NO2. The molecule has 0 fully saturated rings. The SMILES string of the molecule is O=C(NCc1ccoc1)c1cccc(C(F)(F)F)c1F. The molecule has 0 aliphatic heterocycles. The summed E-state index contributed by atoms with van der Waals surface area (Å²) in [5.41, 5.74) is -1.50. The lowest BCUT2D eigenvalue weighted by Gasteiger charge is -2.11. The molecule has 20 heavy (non-hydrogen) atoms. The summed E-state index contributed by atoms with van der Waals surface area (Å²) in [6, 6.07) is 4.14. The van der Waals surface area contributed by atoms with Crippen molar-refractivity contribution in [3.05, 3.63) is 59.3 Å². The first-order chi connectivity index (χ1) is 9.39. The molecule has 2 aromatic rings. The lowest BCUT2D eigenvalue weighted by Crippen LogP contribution is -2.24. The molecule has 0 saturated carbocycles. The maximum Gasteiger partial charge on any atom is 0.419 e. The van der Waals surface area contributed by atoms with Gasteiger partial charge in [0.05, 0.1) is 23.7 Å². The average molecular weight is 287 g/mol. The van der Waals surface area contributed by atoms with Crippen LogP contribution >= 0.6 is 0 Å². The van der Waals surface area contributed by atoms with E-state index in [2.05, 4.69) is 5.32 Å². The third-order valence-corrected chi connectivity index (χ3v) is 2.58. The van der Waals surface area contributed by atoms with E-state index in [1.54, 1.807) is 6.07 Å². The van der Waals surface area contributed by atoms with Gasteiger partial charge in [0, 0.05) is 12.1 Å². The fourth-order valence-electron chi connectivity index (χ4n) is 1.60. The number of carbonyl (C=O) groups is 1. The number of amides is 1. The van der Waals surface area contributed by atoms with Gasteiger partial charge in [0.15, 0.2) is 0 Å². The Bertz CT molecular complexity index is 605. The van der Waals surface area contributed by atoms with E-state index < -0.39 is 29.0 Å². The van der Waals surface area contributed by atoms with Crippen LogP contribution in [-0.2, 0) is 12.7 Å². The maximum atomic E-state index is 13.7. The van der Waals surface area contributed by atoms with Crippen LogP contribution in [0.3, 0.4) is 0 Å². The zero-order valence-electron chi connectivity index (χ0n) is 10.00. The zero-order valence-corrected chi connectivity index (χ0v) is 10.00. The number of hydrogen-bond donors (Lipinski definition) is 1. The summed E-state index contributed by atoms with van der Waals surface area (Å²) in [4.78, 5) is 11.7. The Morgan fingerprint density at radius 1 is 1.25 bits per heavy atom. The number of hydrogen-bond acceptors (Lipinski definition) is 2. The summed E-state index contributed by atoms with van der Waals surface area (Å²) in [6.45, 7) is 0.0328. The van der Waals surface area contributed by atoms with Gasteiger partial charge in [-0.15, -0.1) is 0 Å². The van der Waals surface area contributed by atoms with Crippen molar-refractivity contribution in [2.75, 3.05) is 0 Å². The minimum Gasteiger partial charge on any atom is -0.472 e. The fourth-order valence-corrected chi connectivity index (χ4v) is 1.60. The monoisotopic (exact) mass is 287 g/mol. The van der Waals surface area contributed by atoms with Crippen LogP contribution in [0.25, 0.3) is 0 Å². The molecule has 0 bridgehead atoms. The maximum absolute atomic E-state index is 13.7. The molecule has 0 radical (unpaired) electrons. The molecule has 3 nitrogen and oxygen atoms in total. The molecule has 0 aliphatic rings.